The number of hydrogen-bond acceptors (Lipinski definition) is 3. The molecule has 0 aromatic carbocycles. The van der Waals surface area contributed by atoms with Crippen LogP contribution in [0.2, 0.25) is 0 Å². The highest BCUT2D eigenvalue weighted by Gasteiger charge is 2.27. The summed E-state index contributed by atoms with van der Waals surface area (Å²) in [4.78, 5) is 5.33. The molecule has 1 atom stereocenters. The van der Waals surface area contributed by atoms with E-state index in [0.29, 0.717) is 5.41 Å². The Morgan fingerprint density at radius 3 is 2.21 bits per heavy atom. The maximum absolute atomic E-state index is 5.94. The van der Waals surface area contributed by atoms with E-state index >= 15 is 0 Å². The summed E-state index contributed by atoms with van der Waals surface area (Å²) < 4.78 is 0. The average molecular weight is 267 g/mol. The summed E-state index contributed by atoms with van der Waals surface area (Å²) in [6.07, 6.45) is 6.81. The molecule has 3 nitrogen and oxygen atoms in total. The summed E-state index contributed by atoms with van der Waals surface area (Å²) in [5.41, 5.74) is 6.26. The second kappa shape index (κ2) is 7.05. The Labute approximate surface area is 119 Å². The van der Waals surface area contributed by atoms with Gasteiger partial charge >= 0.3 is 0 Å². The predicted molar refractivity (Wildman–Crippen MR) is 82.3 cm³/mol. The van der Waals surface area contributed by atoms with Gasteiger partial charge in [-0.2, -0.15) is 0 Å². The molecular formula is C16H33N3. The van der Waals surface area contributed by atoms with Gasteiger partial charge < -0.3 is 15.5 Å². The summed E-state index contributed by atoms with van der Waals surface area (Å²) in [5, 5.41) is 0. The largest absolute Gasteiger partial charge is 0.330 e. The van der Waals surface area contributed by atoms with Crippen molar-refractivity contribution in [2.75, 3.05) is 45.8 Å². The van der Waals surface area contributed by atoms with Crippen LogP contribution in [-0.4, -0.2) is 55.6 Å². The maximum Gasteiger partial charge on any atom is 0.00473 e. The van der Waals surface area contributed by atoms with Gasteiger partial charge in [-0.25, -0.2) is 0 Å². The first-order chi connectivity index (χ1) is 9.15. The van der Waals surface area contributed by atoms with E-state index in [1.54, 1.807) is 0 Å². The lowest BCUT2D eigenvalue weighted by atomic mass is 9.85. The lowest BCUT2D eigenvalue weighted by Crippen LogP contribution is -2.45. The van der Waals surface area contributed by atoms with E-state index in [9.17, 15) is 0 Å². The van der Waals surface area contributed by atoms with Crippen LogP contribution in [0.15, 0.2) is 0 Å². The SMILES string of the molecule is CCC(C)(CN)CN1CCC(CN2CCCC2)CC1. The molecule has 0 aromatic rings. The first-order valence-electron chi connectivity index (χ1n) is 8.30. The minimum atomic E-state index is 0.321. The molecular weight excluding hydrogens is 234 g/mol. The summed E-state index contributed by atoms with van der Waals surface area (Å²) in [6.45, 7) is 13.2. The number of piperidine rings is 1. The molecule has 0 saturated carbocycles. The molecule has 0 aliphatic carbocycles. The Kier molecular flexibility index (Phi) is 5.67. The molecule has 2 aliphatic heterocycles. The fourth-order valence-corrected chi connectivity index (χ4v) is 3.52. The minimum absolute atomic E-state index is 0.321. The third-order valence-electron chi connectivity index (χ3n) is 5.37. The Balaban J connectivity index is 1.69. The van der Waals surface area contributed by atoms with Crippen LogP contribution in [0.4, 0.5) is 0 Å². The predicted octanol–water partition coefficient (Wildman–Crippen LogP) is 2.17. The summed E-state index contributed by atoms with van der Waals surface area (Å²) in [7, 11) is 0. The van der Waals surface area contributed by atoms with Gasteiger partial charge in [-0.1, -0.05) is 13.8 Å². The van der Waals surface area contributed by atoms with Crippen LogP contribution in [0.3, 0.4) is 0 Å². The van der Waals surface area contributed by atoms with Gasteiger partial charge in [-0.3, -0.25) is 0 Å². The zero-order valence-corrected chi connectivity index (χ0v) is 13.0. The van der Waals surface area contributed by atoms with Crippen LogP contribution in [0, 0.1) is 11.3 Å². The third kappa shape index (κ3) is 4.44. The van der Waals surface area contributed by atoms with Crippen molar-refractivity contribution in [2.24, 2.45) is 17.1 Å². The molecule has 2 heterocycles. The fourth-order valence-electron chi connectivity index (χ4n) is 3.52. The molecule has 3 heteroatoms. The molecule has 0 aromatic heterocycles. The van der Waals surface area contributed by atoms with Crippen molar-refractivity contribution in [1.29, 1.82) is 0 Å². The highest BCUT2D eigenvalue weighted by Crippen LogP contribution is 2.25. The molecule has 2 saturated heterocycles. The van der Waals surface area contributed by atoms with Crippen molar-refractivity contribution >= 4 is 0 Å². The number of likely N-dealkylation sites (tertiary alicyclic amines) is 2. The standard InChI is InChI=1S/C16H33N3/c1-3-16(2,13-17)14-19-10-6-15(7-11-19)12-18-8-4-5-9-18/h15H,3-14,17H2,1-2H3. The van der Waals surface area contributed by atoms with Crippen LogP contribution in [0.1, 0.15) is 46.0 Å². The second-order valence-electron chi connectivity index (χ2n) is 7.10. The summed E-state index contributed by atoms with van der Waals surface area (Å²) in [6, 6.07) is 0. The average Bonchev–Trinajstić information content (AvgIpc) is 2.94. The topological polar surface area (TPSA) is 32.5 Å². The Hall–Kier alpha value is -0.120. The van der Waals surface area contributed by atoms with E-state index in [-0.39, 0.29) is 0 Å². The van der Waals surface area contributed by atoms with Crippen molar-refractivity contribution in [3.05, 3.63) is 0 Å². The Morgan fingerprint density at radius 2 is 1.68 bits per heavy atom. The Bertz CT molecular complexity index is 249. The van der Waals surface area contributed by atoms with E-state index in [1.165, 1.54) is 71.4 Å². The lowest BCUT2D eigenvalue weighted by Gasteiger charge is -2.39. The van der Waals surface area contributed by atoms with E-state index in [2.05, 4.69) is 23.6 Å². The van der Waals surface area contributed by atoms with Crippen LogP contribution >= 0.6 is 0 Å². The smallest absolute Gasteiger partial charge is 0.00473 e. The van der Waals surface area contributed by atoms with Crippen molar-refractivity contribution in [3.63, 3.8) is 0 Å². The number of hydrogen-bond donors (Lipinski definition) is 1. The van der Waals surface area contributed by atoms with Crippen molar-refractivity contribution < 1.29 is 0 Å². The van der Waals surface area contributed by atoms with Crippen molar-refractivity contribution in [3.8, 4) is 0 Å². The van der Waals surface area contributed by atoms with E-state index in [1.807, 2.05) is 0 Å². The van der Waals surface area contributed by atoms with Gasteiger partial charge in [0.05, 0.1) is 0 Å². The molecule has 2 rings (SSSR count). The van der Waals surface area contributed by atoms with Gasteiger partial charge in [0, 0.05) is 13.1 Å². The molecule has 2 fully saturated rings. The molecule has 2 aliphatic rings. The molecule has 0 bridgehead atoms. The quantitative estimate of drug-likeness (QED) is 0.800. The van der Waals surface area contributed by atoms with Gasteiger partial charge in [0.2, 0.25) is 0 Å². The van der Waals surface area contributed by atoms with Crippen LogP contribution in [0.25, 0.3) is 0 Å². The first kappa shape index (κ1) is 15.3. The van der Waals surface area contributed by atoms with Gasteiger partial charge in [0.25, 0.3) is 0 Å². The second-order valence-corrected chi connectivity index (χ2v) is 7.10. The van der Waals surface area contributed by atoms with Gasteiger partial charge in [0.15, 0.2) is 0 Å². The highest BCUT2D eigenvalue weighted by atomic mass is 15.2. The molecule has 19 heavy (non-hydrogen) atoms. The third-order valence-corrected chi connectivity index (χ3v) is 5.37. The molecule has 1 unspecified atom stereocenters. The Morgan fingerprint density at radius 1 is 1.05 bits per heavy atom. The van der Waals surface area contributed by atoms with Crippen LogP contribution in [-0.2, 0) is 0 Å². The maximum atomic E-state index is 5.94. The van der Waals surface area contributed by atoms with Crippen molar-refractivity contribution in [2.45, 2.75) is 46.0 Å². The zero-order chi connectivity index (χ0) is 13.7. The normalized spacial score (nSPS) is 26.7. The summed E-state index contributed by atoms with van der Waals surface area (Å²) >= 11 is 0. The molecule has 2 N–H and O–H groups in total. The number of rotatable bonds is 6. The molecule has 0 radical (unpaired) electrons. The zero-order valence-electron chi connectivity index (χ0n) is 13.0. The number of nitrogens with two attached hydrogens (primary N) is 1. The first-order valence-corrected chi connectivity index (χ1v) is 8.30. The minimum Gasteiger partial charge on any atom is -0.330 e. The molecule has 112 valence electrons. The van der Waals surface area contributed by atoms with Gasteiger partial charge in [-0.05, 0) is 76.2 Å². The van der Waals surface area contributed by atoms with E-state index < -0.39 is 0 Å². The number of nitrogens with zero attached hydrogens (tertiary/aromatic N) is 2. The van der Waals surface area contributed by atoms with Crippen LogP contribution < -0.4 is 5.73 Å². The highest BCUT2D eigenvalue weighted by molar-refractivity contribution is 4.82. The van der Waals surface area contributed by atoms with E-state index in [4.69, 9.17) is 5.73 Å². The molecule has 0 spiro atoms. The van der Waals surface area contributed by atoms with Crippen LogP contribution in [0.5, 0.6) is 0 Å². The van der Waals surface area contributed by atoms with Crippen molar-refractivity contribution in [1.82, 2.24) is 9.80 Å². The lowest BCUT2D eigenvalue weighted by molar-refractivity contribution is 0.107. The fraction of sp³-hybridized carbons (Fsp3) is 1.00. The summed E-state index contributed by atoms with van der Waals surface area (Å²) in [5.74, 6) is 0.945. The monoisotopic (exact) mass is 267 g/mol. The van der Waals surface area contributed by atoms with E-state index in [0.717, 1.165) is 12.5 Å². The van der Waals surface area contributed by atoms with Gasteiger partial charge in [0.1, 0.15) is 0 Å². The molecule has 0 amide bonds. The van der Waals surface area contributed by atoms with Gasteiger partial charge in [-0.15, -0.1) is 0 Å².